The lowest BCUT2D eigenvalue weighted by molar-refractivity contribution is 0.0689. The van der Waals surface area contributed by atoms with Gasteiger partial charge in [-0.2, -0.15) is 0 Å². The predicted molar refractivity (Wildman–Crippen MR) is 126 cm³/mol. The van der Waals surface area contributed by atoms with Crippen molar-refractivity contribution < 1.29 is 9.90 Å². The van der Waals surface area contributed by atoms with Gasteiger partial charge in [-0.05, 0) is 55.4 Å². The summed E-state index contributed by atoms with van der Waals surface area (Å²) in [6.45, 7) is 1.48. The quantitative estimate of drug-likeness (QED) is 0.609. The normalized spacial score (nSPS) is 22.4. The van der Waals surface area contributed by atoms with Crippen LogP contribution in [0.1, 0.15) is 59.3 Å². The zero-order chi connectivity index (χ0) is 22.6. The molecule has 0 radical (unpaired) electrons. The van der Waals surface area contributed by atoms with E-state index in [9.17, 15) is 9.90 Å². The Kier molecular flexibility index (Phi) is 6.51. The summed E-state index contributed by atoms with van der Waals surface area (Å²) in [4.78, 5) is 14.9. The summed E-state index contributed by atoms with van der Waals surface area (Å²) in [7, 11) is 0. The number of rotatable bonds is 6. The lowest BCUT2D eigenvalue weighted by Crippen LogP contribution is -2.39. The first kappa shape index (κ1) is 21.8. The van der Waals surface area contributed by atoms with Crippen molar-refractivity contribution >= 4 is 5.91 Å². The molecule has 0 unspecified atom stereocenters. The number of aliphatic hydroxyl groups excluding tert-OH is 1. The molecule has 5 rings (SSSR count). The maximum Gasteiger partial charge on any atom is 0.253 e. The van der Waals surface area contributed by atoms with E-state index in [0.29, 0.717) is 12.1 Å². The van der Waals surface area contributed by atoms with Gasteiger partial charge >= 0.3 is 0 Å². The summed E-state index contributed by atoms with van der Waals surface area (Å²) in [6, 6.07) is 18.6. The fourth-order valence-corrected chi connectivity index (χ4v) is 5.14. The summed E-state index contributed by atoms with van der Waals surface area (Å²) in [5, 5.41) is 22.3. The third-order valence-electron chi connectivity index (χ3n) is 7.05. The van der Waals surface area contributed by atoms with Crippen LogP contribution >= 0.6 is 0 Å². The number of piperidine rings is 1. The number of aliphatic hydroxyl groups is 1. The summed E-state index contributed by atoms with van der Waals surface area (Å²) in [6.07, 6.45) is 7.81. The summed E-state index contributed by atoms with van der Waals surface area (Å²) in [5.41, 5.74) is 2.92. The van der Waals surface area contributed by atoms with Gasteiger partial charge in [0.15, 0.2) is 0 Å². The highest BCUT2D eigenvalue weighted by atomic mass is 16.3. The molecule has 7 nitrogen and oxygen atoms in total. The van der Waals surface area contributed by atoms with Crippen molar-refractivity contribution in [2.75, 3.05) is 13.1 Å². The minimum absolute atomic E-state index is 0.0821. The highest BCUT2D eigenvalue weighted by Gasteiger charge is 2.30. The van der Waals surface area contributed by atoms with E-state index < -0.39 is 6.10 Å². The van der Waals surface area contributed by atoms with Gasteiger partial charge in [-0.1, -0.05) is 47.7 Å². The van der Waals surface area contributed by atoms with Crippen LogP contribution in [0.25, 0.3) is 0 Å². The Bertz CT molecular complexity index is 1030. The molecule has 7 heteroatoms. The standard InChI is InChI=1S/C26H31N5O2/c32-25(20-4-2-1-3-5-20)24-11-10-22(28-24)18-19-6-8-21(9-7-19)26(33)30-15-12-23(13-16-30)31-17-14-27-29-31/h1-9,14,17,22-25,28,32H,10-13,15-16,18H2/t22-,24+,25+/m0/s1. The maximum absolute atomic E-state index is 13.0. The molecular weight excluding hydrogens is 414 g/mol. The van der Waals surface area contributed by atoms with Crippen LogP contribution in [0.4, 0.5) is 0 Å². The molecule has 2 N–H and O–H groups in total. The molecule has 172 valence electrons. The number of carbonyl (C=O) groups is 1. The van der Waals surface area contributed by atoms with Crippen molar-refractivity contribution in [1.29, 1.82) is 0 Å². The van der Waals surface area contributed by atoms with Crippen molar-refractivity contribution in [3.8, 4) is 0 Å². The minimum atomic E-state index is -0.482. The van der Waals surface area contributed by atoms with E-state index in [1.807, 2.05) is 58.2 Å². The number of amides is 1. The van der Waals surface area contributed by atoms with E-state index in [1.54, 1.807) is 6.20 Å². The lowest BCUT2D eigenvalue weighted by Gasteiger charge is -2.32. The maximum atomic E-state index is 13.0. The predicted octanol–water partition coefficient (Wildman–Crippen LogP) is 3.15. The molecule has 0 aliphatic carbocycles. The van der Waals surface area contributed by atoms with Gasteiger partial charge in [0, 0.05) is 36.9 Å². The molecule has 1 amide bonds. The summed E-state index contributed by atoms with van der Waals surface area (Å²) >= 11 is 0. The van der Waals surface area contributed by atoms with Gasteiger partial charge in [-0.3, -0.25) is 4.79 Å². The topological polar surface area (TPSA) is 83.3 Å². The molecule has 3 heterocycles. The van der Waals surface area contributed by atoms with Crippen LogP contribution in [-0.2, 0) is 6.42 Å². The van der Waals surface area contributed by atoms with Crippen molar-refractivity contribution in [3.05, 3.63) is 83.7 Å². The Balaban J connectivity index is 1.12. The molecule has 2 aromatic carbocycles. The van der Waals surface area contributed by atoms with Crippen LogP contribution in [0.2, 0.25) is 0 Å². The number of nitrogens with one attached hydrogen (secondary N) is 1. The average molecular weight is 446 g/mol. The average Bonchev–Trinajstić information content (AvgIpc) is 3.57. The number of hydrogen-bond donors (Lipinski definition) is 2. The first-order valence-electron chi connectivity index (χ1n) is 11.9. The van der Waals surface area contributed by atoms with E-state index in [4.69, 9.17) is 0 Å². The third kappa shape index (κ3) is 4.99. The minimum Gasteiger partial charge on any atom is -0.387 e. The van der Waals surface area contributed by atoms with Gasteiger partial charge < -0.3 is 15.3 Å². The number of benzene rings is 2. The van der Waals surface area contributed by atoms with Gasteiger partial charge in [-0.25, -0.2) is 4.68 Å². The molecule has 3 aromatic rings. The zero-order valence-electron chi connectivity index (χ0n) is 18.8. The molecule has 0 saturated carbocycles. The van der Waals surface area contributed by atoms with Crippen molar-refractivity contribution in [2.45, 2.75) is 56.3 Å². The van der Waals surface area contributed by atoms with Crippen LogP contribution in [0.5, 0.6) is 0 Å². The van der Waals surface area contributed by atoms with Crippen LogP contribution in [-0.4, -0.2) is 56.1 Å². The third-order valence-corrected chi connectivity index (χ3v) is 7.05. The lowest BCUT2D eigenvalue weighted by atomic mass is 10.0. The van der Waals surface area contributed by atoms with Gasteiger partial charge in [0.1, 0.15) is 0 Å². The molecule has 2 aliphatic heterocycles. The second kappa shape index (κ2) is 9.85. The SMILES string of the molecule is O=C(c1ccc(C[C@@H]2CC[C@H]([C@H](O)c3ccccc3)N2)cc1)N1CCC(n2ccnn2)CC1. The monoisotopic (exact) mass is 445 g/mol. The smallest absolute Gasteiger partial charge is 0.253 e. The number of aromatic nitrogens is 3. The van der Waals surface area contributed by atoms with Gasteiger partial charge in [0.05, 0.1) is 18.3 Å². The largest absolute Gasteiger partial charge is 0.387 e. The highest BCUT2D eigenvalue weighted by Crippen LogP contribution is 2.27. The Morgan fingerprint density at radius 1 is 1.03 bits per heavy atom. The molecule has 3 atom stereocenters. The van der Waals surface area contributed by atoms with E-state index >= 15 is 0 Å². The van der Waals surface area contributed by atoms with E-state index in [2.05, 4.69) is 27.8 Å². The first-order valence-corrected chi connectivity index (χ1v) is 11.9. The molecule has 0 bridgehead atoms. The highest BCUT2D eigenvalue weighted by molar-refractivity contribution is 5.94. The van der Waals surface area contributed by atoms with E-state index in [1.165, 1.54) is 5.56 Å². The Hall–Kier alpha value is -3.03. The Morgan fingerprint density at radius 2 is 1.79 bits per heavy atom. The van der Waals surface area contributed by atoms with Crippen molar-refractivity contribution in [3.63, 3.8) is 0 Å². The van der Waals surface area contributed by atoms with Crippen LogP contribution in [0.3, 0.4) is 0 Å². The molecule has 0 spiro atoms. The molecule has 33 heavy (non-hydrogen) atoms. The van der Waals surface area contributed by atoms with Crippen LogP contribution in [0.15, 0.2) is 67.0 Å². The second-order valence-electron chi connectivity index (χ2n) is 9.21. The number of nitrogens with zero attached hydrogens (tertiary/aromatic N) is 4. The Labute approximate surface area is 194 Å². The van der Waals surface area contributed by atoms with Crippen molar-refractivity contribution in [2.24, 2.45) is 0 Å². The van der Waals surface area contributed by atoms with E-state index in [-0.39, 0.29) is 11.9 Å². The molecule has 2 saturated heterocycles. The zero-order valence-corrected chi connectivity index (χ0v) is 18.8. The summed E-state index contributed by atoms with van der Waals surface area (Å²) in [5.74, 6) is 0.101. The van der Waals surface area contributed by atoms with Crippen LogP contribution < -0.4 is 5.32 Å². The number of likely N-dealkylation sites (tertiary alicyclic amines) is 1. The van der Waals surface area contributed by atoms with Crippen LogP contribution in [0, 0.1) is 0 Å². The summed E-state index contributed by atoms with van der Waals surface area (Å²) < 4.78 is 1.90. The fourth-order valence-electron chi connectivity index (χ4n) is 5.14. The van der Waals surface area contributed by atoms with Gasteiger partial charge in [0.2, 0.25) is 0 Å². The molecule has 2 aliphatic rings. The van der Waals surface area contributed by atoms with E-state index in [0.717, 1.165) is 56.3 Å². The van der Waals surface area contributed by atoms with Crippen molar-refractivity contribution in [1.82, 2.24) is 25.2 Å². The first-order chi connectivity index (χ1) is 16.2. The molecular formula is C26H31N5O2. The molecule has 2 fully saturated rings. The number of hydrogen-bond acceptors (Lipinski definition) is 5. The Morgan fingerprint density at radius 3 is 2.48 bits per heavy atom. The van der Waals surface area contributed by atoms with Gasteiger partial charge in [0.25, 0.3) is 5.91 Å². The van der Waals surface area contributed by atoms with Gasteiger partial charge in [-0.15, -0.1) is 5.10 Å². The second-order valence-corrected chi connectivity index (χ2v) is 9.21. The molecule has 1 aromatic heterocycles. The fraction of sp³-hybridized carbons (Fsp3) is 0.423. The number of carbonyl (C=O) groups excluding carboxylic acids is 1.